The monoisotopic (exact) mass is 278 g/mol. The summed E-state index contributed by atoms with van der Waals surface area (Å²) in [5.74, 6) is 0. The molecule has 0 aromatic rings. The largest absolute Gasteiger partial charge is 0.393 e. The van der Waals surface area contributed by atoms with Crippen LogP contribution >= 0.6 is 0 Å². The molecule has 3 heteroatoms. The lowest BCUT2D eigenvalue weighted by atomic mass is 10.3. The van der Waals surface area contributed by atoms with E-state index in [0.717, 1.165) is 26.1 Å². The molecule has 0 rings (SSSR count). The van der Waals surface area contributed by atoms with E-state index >= 15 is 0 Å². The van der Waals surface area contributed by atoms with Crippen molar-refractivity contribution in [2.24, 2.45) is 0 Å². The Morgan fingerprint density at radius 3 is 1.16 bits per heavy atom. The van der Waals surface area contributed by atoms with E-state index in [4.69, 9.17) is 14.9 Å². The van der Waals surface area contributed by atoms with Gasteiger partial charge in [0.1, 0.15) is 0 Å². The van der Waals surface area contributed by atoms with Gasteiger partial charge in [-0.1, -0.05) is 40.5 Å². The lowest BCUT2D eigenvalue weighted by Crippen LogP contribution is -1.95. The fraction of sp³-hybridized carbons (Fsp3) is 1.00. The first-order chi connectivity index (χ1) is 8.95. The van der Waals surface area contributed by atoms with Crippen LogP contribution in [0.1, 0.15) is 80.1 Å². The van der Waals surface area contributed by atoms with Crippen LogP contribution in [0.15, 0.2) is 0 Å². The average molecular weight is 278 g/mol. The van der Waals surface area contributed by atoms with Crippen LogP contribution in [0.2, 0.25) is 0 Å². The van der Waals surface area contributed by atoms with E-state index in [1.54, 1.807) is 13.8 Å². The van der Waals surface area contributed by atoms with Gasteiger partial charge in [-0.25, -0.2) is 0 Å². The fourth-order valence-corrected chi connectivity index (χ4v) is 0.595. The van der Waals surface area contributed by atoms with Crippen molar-refractivity contribution in [2.75, 3.05) is 13.2 Å². The third-order valence-electron chi connectivity index (χ3n) is 2.47. The first kappa shape index (κ1) is 23.9. The van der Waals surface area contributed by atoms with E-state index < -0.39 is 0 Å². The summed E-state index contributed by atoms with van der Waals surface area (Å²) in [6.45, 7) is 13.7. The summed E-state index contributed by atoms with van der Waals surface area (Å²) in [6, 6.07) is 0. The summed E-state index contributed by atoms with van der Waals surface area (Å²) in [5.41, 5.74) is 0. The van der Waals surface area contributed by atoms with Crippen LogP contribution in [0.5, 0.6) is 0 Å². The van der Waals surface area contributed by atoms with Gasteiger partial charge >= 0.3 is 0 Å². The molecular weight excluding hydrogens is 240 g/mol. The zero-order valence-corrected chi connectivity index (χ0v) is 14.1. The van der Waals surface area contributed by atoms with Crippen molar-refractivity contribution in [2.45, 2.75) is 92.3 Å². The van der Waals surface area contributed by atoms with E-state index in [2.05, 4.69) is 13.8 Å². The molecule has 0 aromatic heterocycles. The van der Waals surface area contributed by atoms with Crippen LogP contribution < -0.4 is 0 Å². The quantitative estimate of drug-likeness (QED) is 0.656. The Balaban J connectivity index is -0.000000219. The Labute approximate surface area is 121 Å². The van der Waals surface area contributed by atoms with Gasteiger partial charge in [-0.05, 0) is 39.5 Å². The number of aliphatic hydroxyl groups is 2. The van der Waals surface area contributed by atoms with Gasteiger partial charge in [-0.15, -0.1) is 0 Å². The molecule has 0 radical (unpaired) electrons. The van der Waals surface area contributed by atoms with Crippen LogP contribution in [-0.2, 0) is 4.74 Å². The molecule has 2 N–H and O–H groups in total. The molecule has 0 fully saturated rings. The molecule has 3 nitrogen and oxygen atoms in total. The van der Waals surface area contributed by atoms with Crippen LogP contribution in [0.4, 0.5) is 0 Å². The second kappa shape index (κ2) is 23.0. The topological polar surface area (TPSA) is 49.7 Å². The number of hydrogen-bond acceptors (Lipinski definition) is 3. The van der Waals surface area contributed by atoms with E-state index in [-0.39, 0.29) is 12.2 Å². The molecule has 0 amide bonds. The first-order valence-electron chi connectivity index (χ1n) is 7.89. The summed E-state index contributed by atoms with van der Waals surface area (Å²) in [5, 5.41) is 16.7. The maximum Gasteiger partial charge on any atom is 0.0509 e. The van der Waals surface area contributed by atoms with Crippen LogP contribution in [0.25, 0.3) is 0 Å². The highest BCUT2D eigenvalue weighted by Crippen LogP contribution is 1.91. The highest BCUT2D eigenvalue weighted by molar-refractivity contribution is 4.35. The Morgan fingerprint density at radius 2 is 1.00 bits per heavy atom. The molecule has 0 aliphatic rings. The van der Waals surface area contributed by atoms with Crippen LogP contribution in [0, 0.1) is 0 Å². The van der Waals surface area contributed by atoms with Gasteiger partial charge in [-0.3, -0.25) is 0 Å². The molecule has 0 aromatic carbocycles. The molecule has 0 bridgehead atoms. The number of unbranched alkanes of at least 4 members (excludes halogenated alkanes) is 2. The molecule has 19 heavy (non-hydrogen) atoms. The van der Waals surface area contributed by atoms with Gasteiger partial charge in [0.05, 0.1) is 12.2 Å². The Bertz CT molecular complexity index is 111. The second-order valence-electron chi connectivity index (χ2n) is 4.83. The molecule has 120 valence electrons. The van der Waals surface area contributed by atoms with Crippen LogP contribution in [0.3, 0.4) is 0 Å². The first-order valence-corrected chi connectivity index (χ1v) is 7.89. The molecule has 0 heterocycles. The van der Waals surface area contributed by atoms with Gasteiger partial charge in [0.25, 0.3) is 0 Å². The smallest absolute Gasteiger partial charge is 0.0509 e. The van der Waals surface area contributed by atoms with Crippen molar-refractivity contribution in [1.29, 1.82) is 0 Å². The lowest BCUT2D eigenvalue weighted by molar-refractivity contribution is 0.128. The van der Waals surface area contributed by atoms with Crippen LogP contribution in [-0.4, -0.2) is 35.6 Å². The van der Waals surface area contributed by atoms with Crippen molar-refractivity contribution in [3.8, 4) is 0 Å². The van der Waals surface area contributed by atoms with Crippen molar-refractivity contribution in [1.82, 2.24) is 0 Å². The molecule has 0 aliphatic heterocycles. The second-order valence-corrected chi connectivity index (χ2v) is 4.83. The highest BCUT2D eigenvalue weighted by Gasteiger charge is 1.84. The summed E-state index contributed by atoms with van der Waals surface area (Å²) in [7, 11) is 0. The SMILES string of the molecule is CCC(C)O.CCC(C)O.CCCCOCCCC. The molecule has 0 spiro atoms. The standard InChI is InChI=1S/C8H18O.2C4H10O/c1-3-5-7-9-8-6-4-2;2*1-3-4(2)5/h3-8H2,1-2H3;2*4-5H,3H2,1-2H3. The minimum Gasteiger partial charge on any atom is -0.393 e. The molecule has 0 aliphatic carbocycles. The molecular formula is C16H38O3. The van der Waals surface area contributed by atoms with Gasteiger partial charge in [0.15, 0.2) is 0 Å². The number of ether oxygens (including phenoxy) is 1. The van der Waals surface area contributed by atoms with E-state index in [9.17, 15) is 0 Å². The predicted molar refractivity (Wildman–Crippen MR) is 84.6 cm³/mol. The van der Waals surface area contributed by atoms with Crippen molar-refractivity contribution >= 4 is 0 Å². The number of aliphatic hydroxyl groups excluding tert-OH is 2. The van der Waals surface area contributed by atoms with E-state index in [0.29, 0.717) is 0 Å². The zero-order valence-electron chi connectivity index (χ0n) is 14.1. The Morgan fingerprint density at radius 1 is 0.737 bits per heavy atom. The summed E-state index contributed by atoms with van der Waals surface area (Å²) < 4.78 is 5.31. The minimum atomic E-state index is -0.116. The van der Waals surface area contributed by atoms with E-state index in [1.165, 1.54) is 25.7 Å². The third-order valence-corrected chi connectivity index (χ3v) is 2.47. The Hall–Kier alpha value is -0.120. The van der Waals surface area contributed by atoms with Gasteiger partial charge < -0.3 is 14.9 Å². The minimum absolute atomic E-state index is 0.116. The van der Waals surface area contributed by atoms with Gasteiger partial charge in [-0.2, -0.15) is 0 Å². The summed E-state index contributed by atoms with van der Waals surface area (Å²) in [6.07, 6.45) is 6.40. The van der Waals surface area contributed by atoms with E-state index in [1.807, 2.05) is 13.8 Å². The maximum atomic E-state index is 8.36. The summed E-state index contributed by atoms with van der Waals surface area (Å²) >= 11 is 0. The number of hydrogen-bond donors (Lipinski definition) is 2. The van der Waals surface area contributed by atoms with Crippen molar-refractivity contribution < 1.29 is 14.9 Å². The molecule has 0 saturated heterocycles. The van der Waals surface area contributed by atoms with Gasteiger partial charge in [0, 0.05) is 13.2 Å². The summed E-state index contributed by atoms with van der Waals surface area (Å²) in [4.78, 5) is 0. The number of rotatable bonds is 8. The predicted octanol–water partition coefficient (Wildman–Crippen LogP) is 4.16. The molecule has 2 unspecified atom stereocenters. The molecule has 0 saturated carbocycles. The van der Waals surface area contributed by atoms with Crippen molar-refractivity contribution in [3.63, 3.8) is 0 Å². The molecule has 2 atom stereocenters. The fourth-order valence-electron chi connectivity index (χ4n) is 0.595. The lowest BCUT2D eigenvalue weighted by Gasteiger charge is -1.99. The maximum absolute atomic E-state index is 8.36. The average Bonchev–Trinajstić information content (AvgIpc) is 2.40. The zero-order chi connectivity index (χ0) is 15.5. The Kier molecular flexibility index (Phi) is 29.0. The van der Waals surface area contributed by atoms with Crippen molar-refractivity contribution in [3.05, 3.63) is 0 Å². The highest BCUT2D eigenvalue weighted by atomic mass is 16.5. The normalized spacial score (nSPS) is 12.6. The third kappa shape index (κ3) is 46.2. The van der Waals surface area contributed by atoms with Gasteiger partial charge in [0.2, 0.25) is 0 Å².